The number of carbonyl (C=O) groups excluding carboxylic acids is 1. The SMILES string of the molecule is CN1CCN(C(=O)CSc2ccc(F)c(F)c2)C(c2ccccc2)C1. The van der Waals surface area contributed by atoms with E-state index in [9.17, 15) is 13.6 Å². The monoisotopic (exact) mass is 362 g/mol. The van der Waals surface area contributed by atoms with Crippen LogP contribution in [0.15, 0.2) is 53.4 Å². The Balaban J connectivity index is 1.69. The Morgan fingerprint density at radius 2 is 1.88 bits per heavy atom. The summed E-state index contributed by atoms with van der Waals surface area (Å²) in [5, 5.41) is 0. The quantitative estimate of drug-likeness (QED) is 0.777. The molecule has 3 nitrogen and oxygen atoms in total. The summed E-state index contributed by atoms with van der Waals surface area (Å²) in [5.41, 5.74) is 1.11. The van der Waals surface area contributed by atoms with Crippen LogP contribution in [0.5, 0.6) is 0 Å². The molecule has 0 spiro atoms. The highest BCUT2D eigenvalue weighted by molar-refractivity contribution is 8.00. The Hall–Kier alpha value is -1.92. The van der Waals surface area contributed by atoms with Gasteiger partial charge in [0.05, 0.1) is 11.8 Å². The van der Waals surface area contributed by atoms with E-state index in [0.29, 0.717) is 11.4 Å². The molecule has 1 saturated heterocycles. The number of nitrogens with zero attached hydrogens (tertiary/aromatic N) is 2. The lowest BCUT2D eigenvalue weighted by molar-refractivity contribution is -0.133. The Bertz CT molecular complexity index is 741. The number of amides is 1. The maximum Gasteiger partial charge on any atom is 0.233 e. The molecule has 0 saturated carbocycles. The molecular weight excluding hydrogens is 342 g/mol. The van der Waals surface area contributed by atoms with Crippen LogP contribution in [-0.4, -0.2) is 48.1 Å². The third-order valence-corrected chi connectivity index (χ3v) is 5.32. The van der Waals surface area contributed by atoms with E-state index in [1.807, 2.05) is 42.3 Å². The number of piperazine rings is 1. The molecule has 2 aromatic carbocycles. The lowest BCUT2D eigenvalue weighted by atomic mass is 10.0. The molecule has 0 N–H and O–H groups in total. The predicted octanol–water partition coefficient (Wildman–Crippen LogP) is 3.57. The Morgan fingerprint density at radius 1 is 1.12 bits per heavy atom. The second-order valence-corrected chi connectivity index (χ2v) is 7.19. The third-order valence-electron chi connectivity index (χ3n) is 4.34. The second-order valence-electron chi connectivity index (χ2n) is 6.14. The molecule has 25 heavy (non-hydrogen) atoms. The first-order chi connectivity index (χ1) is 12.0. The van der Waals surface area contributed by atoms with Gasteiger partial charge in [0.1, 0.15) is 0 Å². The van der Waals surface area contributed by atoms with Crippen LogP contribution in [0, 0.1) is 11.6 Å². The number of hydrogen-bond donors (Lipinski definition) is 0. The predicted molar refractivity (Wildman–Crippen MR) is 95.5 cm³/mol. The standard InChI is InChI=1S/C19H20F2N2OS/c1-22-9-10-23(18(12-22)14-5-3-2-4-6-14)19(24)13-25-15-7-8-16(20)17(21)11-15/h2-8,11,18H,9-10,12-13H2,1H3. The van der Waals surface area contributed by atoms with Gasteiger partial charge >= 0.3 is 0 Å². The molecular formula is C19H20F2N2OS. The van der Waals surface area contributed by atoms with E-state index in [1.165, 1.54) is 17.8 Å². The highest BCUT2D eigenvalue weighted by Crippen LogP contribution is 2.27. The van der Waals surface area contributed by atoms with Gasteiger partial charge in [-0.25, -0.2) is 8.78 Å². The van der Waals surface area contributed by atoms with E-state index < -0.39 is 11.6 Å². The fourth-order valence-corrected chi connectivity index (χ4v) is 3.78. The van der Waals surface area contributed by atoms with Crippen molar-refractivity contribution in [1.29, 1.82) is 0 Å². The summed E-state index contributed by atoms with van der Waals surface area (Å²) < 4.78 is 26.3. The van der Waals surface area contributed by atoms with Gasteiger partial charge in [0.2, 0.25) is 5.91 Å². The Kier molecular flexibility index (Phi) is 5.71. The van der Waals surface area contributed by atoms with Gasteiger partial charge in [-0.3, -0.25) is 4.79 Å². The fraction of sp³-hybridized carbons (Fsp3) is 0.316. The first kappa shape index (κ1) is 17.9. The van der Waals surface area contributed by atoms with Crippen molar-refractivity contribution in [2.75, 3.05) is 32.4 Å². The van der Waals surface area contributed by atoms with Crippen LogP contribution in [-0.2, 0) is 4.79 Å². The van der Waals surface area contributed by atoms with Gasteiger partial charge in [0.25, 0.3) is 0 Å². The van der Waals surface area contributed by atoms with E-state index in [2.05, 4.69) is 4.90 Å². The van der Waals surface area contributed by atoms with Gasteiger partial charge in [0, 0.05) is 24.5 Å². The number of halogens is 2. The highest BCUT2D eigenvalue weighted by atomic mass is 32.2. The third kappa shape index (κ3) is 4.38. The molecule has 1 unspecified atom stereocenters. The van der Waals surface area contributed by atoms with Crippen LogP contribution in [0.3, 0.4) is 0 Å². The van der Waals surface area contributed by atoms with Crippen molar-refractivity contribution in [2.24, 2.45) is 0 Å². The molecule has 0 aliphatic carbocycles. The summed E-state index contributed by atoms with van der Waals surface area (Å²) in [4.78, 5) is 17.4. The number of benzene rings is 2. The minimum atomic E-state index is -0.890. The molecule has 2 aromatic rings. The molecule has 1 heterocycles. The molecule has 132 valence electrons. The molecule has 1 aliphatic heterocycles. The Labute approximate surface area is 150 Å². The average Bonchev–Trinajstić information content (AvgIpc) is 2.63. The fourth-order valence-electron chi connectivity index (χ4n) is 2.97. The van der Waals surface area contributed by atoms with Crippen molar-refractivity contribution >= 4 is 17.7 Å². The molecule has 6 heteroatoms. The van der Waals surface area contributed by atoms with Gasteiger partial charge in [0.15, 0.2) is 11.6 Å². The van der Waals surface area contributed by atoms with Crippen molar-refractivity contribution < 1.29 is 13.6 Å². The topological polar surface area (TPSA) is 23.6 Å². The zero-order chi connectivity index (χ0) is 17.8. The molecule has 1 fully saturated rings. The zero-order valence-corrected chi connectivity index (χ0v) is 14.8. The van der Waals surface area contributed by atoms with Gasteiger partial charge in [-0.05, 0) is 30.8 Å². The molecule has 0 aromatic heterocycles. The summed E-state index contributed by atoms with van der Waals surface area (Å²) in [6, 6.07) is 13.7. The van der Waals surface area contributed by atoms with E-state index >= 15 is 0 Å². The Morgan fingerprint density at radius 3 is 2.60 bits per heavy atom. The van der Waals surface area contributed by atoms with E-state index in [4.69, 9.17) is 0 Å². The number of rotatable bonds is 4. The maximum atomic E-state index is 13.3. The first-order valence-electron chi connectivity index (χ1n) is 8.15. The minimum absolute atomic E-state index is 0.0108. The van der Waals surface area contributed by atoms with E-state index in [-0.39, 0.29) is 17.7 Å². The minimum Gasteiger partial charge on any atom is -0.332 e. The van der Waals surface area contributed by atoms with Crippen LogP contribution in [0.1, 0.15) is 11.6 Å². The largest absolute Gasteiger partial charge is 0.332 e. The summed E-state index contributed by atoms with van der Waals surface area (Å²) in [7, 11) is 2.05. The van der Waals surface area contributed by atoms with E-state index in [1.54, 1.807) is 0 Å². The molecule has 0 bridgehead atoms. The summed E-state index contributed by atoms with van der Waals surface area (Å²) in [5.74, 6) is -1.55. The van der Waals surface area contributed by atoms with Crippen molar-refractivity contribution in [2.45, 2.75) is 10.9 Å². The zero-order valence-electron chi connectivity index (χ0n) is 14.0. The lowest BCUT2D eigenvalue weighted by Gasteiger charge is -2.40. The van der Waals surface area contributed by atoms with Gasteiger partial charge < -0.3 is 9.80 Å². The highest BCUT2D eigenvalue weighted by Gasteiger charge is 2.29. The lowest BCUT2D eigenvalue weighted by Crippen LogP contribution is -2.49. The molecule has 0 radical (unpaired) electrons. The smallest absolute Gasteiger partial charge is 0.233 e. The normalized spacial score (nSPS) is 18.4. The maximum absolute atomic E-state index is 13.3. The van der Waals surface area contributed by atoms with Crippen molar-refractivity contribution in [3.63, 3.8) is 0 Å². The molecule has 1 aliphatic rings. The summed E-state index contributed by atoms with van der Waals surface area (Å²) >= 11 is 1.23. The number of carbonyl (C=O) groups is 1. The summed E-state index contributed by atoms with van der Waals surface area (Å²) in [6.07, 6.45) is 0. The van der Waals surface area contributed by atoms with Gasteiger partial charge in [-0.2, -0.15) is 0 Å². The van der Waals surface area contributed by atoms with Crippen LogP contribution >= 0.6 is 11.8 Å². The molecule has 1 atom stereocenters. The van der Waals surface area contributed by atoms with Gasteiger partial charge in [-0.1, -0.05) is 30.3 Å². The number of hydrogen-bond acceptors (Lipinski definition) is 3. The molecule has 3 rings (SSSR count). The van der Waals surface area contributed by atoms with E-state index in [0.717, 1.165) is 30.8 Å². The van der Waals surface area contributed by atoms with Crippen LogP contribution in [0.4, 0.5) is 8.78 Å². The van der Waals surface area contributed by atoms with Crippen molar-refractivity contribution in [3.05, 3.63) is 65.7 Å². The van der Waals surface area contributed by atoms with Crippen LogP contribution in [0.25, 0.3) is 0 Å². The van der Waals surface area contributed by atoms with Gasteiger partial charge in [-0.15, -0.1) is 11.8 Å². The average molecular weight is 362 g/mol. The second kappa shape index (κ2) is 7.97. The van der Waals surface area contributed by atoms with Crippen LogP contribution < -0.4 is 0 Å². The van der Waals surface area contributed by atoms with Crippen molar-refractivity contribution in [1.82, 2.24) is 9.80 Å². The first-order valence-corrected chi connectivity index (χ1v) is 9.14. The summed E-state index contributed by atoms with van der Waals surface area (Å²) in [6.45, 7) is 2.27. The van der Waals surface area contributed by atoms with Crippen LogP contribution in [0.2, 0.25) is 0 Å². The number of thioether (sulfide) groups is 1. The van der Waals surface area contributed by atoms with Crippen molar-refractivity contribution in [3.8, 4) is 0 Å². The number of likely N-dealkylation sites (N-methyl/N-ethyl adjacent to an activating group) is 1. The molecule has 1 amide bonds.